The van der Waals surface area contributed by atoms with Crippen LogP contribution in [0.4, 0.5) is 0 Å². The average molecular weight is 486 g/mol. The molecular weight excluding hydrogens is 458 g/mol. The number of rotatable bonds is 6. The maximum atomic E-state index is 13.4. The first-order chi connectivity index (χ1) is 15.7. The molecule has 7 nitrogen and oxygen atoms in total. The minimum atomic E-state index is -3.09. The van der Waals surface area contributed by atoms with Crippen LogP contribution in [0.15, 0.2) is 52.4 Å². The molecule has 1 unspecified atom stereocenters. The van der Waals surface area contributed by atoms with E-state index in [4.69, 9.17) is 4.98 Å². The molecule has 0 aliphatic carbocycles. The van der Waals surface area contributed by atoms with E-state index in [1.54, 1.807) is 21.6 Å². The van der Waals surface area contributed by atoms with Gasteiger partial charge in [-0.1, -0.05) is 41.6 Å². The molecule has 9 heteroatoms. The minimum absolute atomic E-state index is 0.0126. The molecule has 2 aromatic carbocycles. The Labute approximate surface area is 197 Å². The number of aromatic nitrogens is 2. The summed E-state index contributed by atoms with van der Waals surface area (Å²) in [6, 6.07) is 12.7. The van der Waals surface area contributed by atoms with Crippen LogP contribution >= 0.6 is 11.8 Å². The van der Waals surface area contributed by atoms with Gasteiger partial charge in [-0.25, -0.2) is 13.4 Å². The molecule has 0 saturated carbocycles. The van der Waals surface area contributed by atoms with E-state index in [1.165, 1.54) is 11.8 Å². The van der Waals surface area contributed by atoms with Crippen molar-refractivity contribution in [3.63, 3.8) is 0 Å². The molecule has 1 saturated heterocycles. The quantitative estimate of drug-likeness (QED) is 0.394. The van der Waals surface area contributed by atoms with Crippen LogP contribution in [0.3, 0.4) is 0 Å². The van der Waals surface area contributed by atoms with Crippen molar-refractivity contribution in [2.45, 2.75) is 38.4 Å². The average Bonchev–Trinajstić information content (AvgIpc) is 3.13. The highest BCUT2D eigenvalue weighted by atomic mass is 32.2. The third-order valence-corrected chi connectivity index (χ3v) is 8.65. The van der Waals surface area contributed by atoms with E-state index in [1.807, 2.05) is 51.1 Å². The van der Waals surface area contributed by atoms with Crippen LogP contribution in [0.5, 0.6) is 0 Å². The highest BCUT2D eigenvalue weighted by molar-refractivity contribution is 7.99. The molecule has 0 N–H and O–H groups in total. The second kappa shape index (κ2) is 9.30. The highest BCUT2D eigenvalue weighted by Gasteiger charge is 2.34. The van der Waals surface area contributed by atoms with Crippen LogP contribution < -0.4 is 5.56 Å². The zero-order valence-corrected chi connectivity index (χ0v) is 20.6. The van der Waals surface area contributed by atoms with Crippen LogP contribution in [-0.4, -0.2) is 58.6 Å². The summed E-state index contributed by atoms with van der Waals surface area (Å²) in [5.41, 5.74) is 3.15. The number of hydrogen-bond donors (Lipinski definition) is 0. The van der Waals surface area contributed by atoms with Gasteiger partial charge in [0.25, 0.3) is 5.56 Å². The number of para-hydroxylation sites is 1. The van der Waals surface area contributed by atoms with Gasteiger partial charge in [-0.3, -0.25) is 14.2 Å². The number of amides is 1. The Morgan fingerprint density at radius 3 is 2.64 bits per heavy atom. The van der Waals surface area contributed by atoms with Gasteiger partial charge in [0.1, 0.15) is 0 Å². The summed E-state index contributed by atoms with van der Waals surface area (Å²) in [5.74, 6) is 0.0467. The van der Waals surface area contributed by atoms with Crippen LogP contribution in [-0.2, 0) is 14.6 Å². The van der Waals surface area contributed by atoms with Crippen molar-refractivity contribution in [2.75, 3.05) is 23.8 Å². The number of carbonyl (C=O) groups is 1. The predicted octanol–water partition coefficient (Wildman–Crippen LogP) is 3.13. The minimum Gasteiger partial charge on any atom is -0.338 e. The van der Waals surface area contributed by atoms with Crippen LogP contribution in [0.2, 0.25) is 0 Å². The van der Waals surface area contributed by atoms with Gasteiger partial charge in [0.05, 0.1) is 33.8 Å². The number of sulfone groups is 1. The fourth-order valence-corrected chi connectivity index (χ4v) is 6.97. The molecule has 1 atom stereocenters. The number of nitrogens with zero attached hydrogens (tertiary/aromatic N) is 3. The Bertz CT molecular complexity index is 1380. The van der Waals surface area contributed by atoms with E-state index in [2.05, 4.69) is 0 Å². The molecule has 0 radical (unpaired) electrons. The zero-order valence-electron chi connectivity index (χ0n) is 18.9. The number of thioether (sulfide) groups is 1. The van der Waals surface area contributed by atoms with Crippen molar-refractivity contribution < 1.29 is 13.2 Å². The number of carbonyl (C=O) groups excluding carboxylic acids is 1. The molecule has 2 heterocycles. The fourth-order valence-electron chi connectivity index (χ4n) is 4.35. The van der Waals surface area contributed by atoms with E-state index in [9.17, 15) is 18.0 Å². The molecule has 33 heavy (non-hydrogen) atoms. The maximum absolute atomic E-state index is 13.4. The lowest BCUT2D eigenvalue weighted by molar-refractivity contribution is -0.129. The van der Waals surface area contributed by atoms with Gasteiger partial charge in [0.15, 0.2) is 15.0 Å². The smallest absolute Gasteiger partial charge is 0.266 e. The molecule has 0 bridgehead atoms. The number of benzene rings is 2. The summed E-state index contributed by atoms with van der Waals surface area (Å²) in [7, 11) is -3.09. The van der Waals surface area contributed by atoms with Gasteiger partial charge in [-0.05, 0) is 51.0 Å². The molecule has 1 aliphatic rings. The Hall–Kier alpha value is -2.65. The third kappa shape index (κ3) is 4.84. The van der Waals surface area contributed by atoms with Crippen molar-refractivity contribution in [1.82, 2.24) is 14.5 Å². The second-order valence-corrected chi connectivity index (χ2v) is 11.5. The van der Waals surface area contributed by atoms with Gasteiger partial charge in [-0.15, -0.1) is 0 Å². The lowest BCUT2D eigenvalue weighted by atomic mass is 10.1. The molecule has 0 spiro atoms. The zero-order chi connectivity index (χ0) is 23.8. The first kappa shape index (κ1) is 23.5. The predicted molar refractivity (Wildman–Crippen MR) is 132 cm³/mol. The first-order valence-electron chi connectivity index (χ1n) is 10.9. The van der Waals surface area contributed by atoms with Gasteiger partial charge >= 0.3 is 0 Å². The van der Waals surface area contributed by atoms with E-state index < -0.39 is 9.84 Å². The number of hydrogen-bond acceptors (Lipinski definition) is 6. The molecule has 1 fully saturated rings. The lowest BCUT2D eigenvalue weighted by Crippen LogP contribution is -2.42. The van der Waals surface area contributed by atoms with Crippen molar-refractivity contribution in [1.29, 1.82) is 0 Å². The van der Waals surface area contributed by atoms with Crippen molar-refractivity contribution in [3.8, 4) is 5.69 Å². The number of fused-ring (bicyclic) bond motifs is 1. The second-order valence-electron chi connectivity index (χ2n) is 8.37. The summed E-state index contributed by atoms with van der Waals surface area (Å²) in [6.45, 7) is 6.24. The lowest BCUT2D eigenvalue weighted by Gasteiger charge is -2.26. The molecule has 1 aromatic heterocycles. The summed E-state index contributed by atoms with van der Waals surface area (Å²) in [6.07, 6.45) is 0.466. The normalized spacial score (nSPS) is 17.4. The molecular formula is C24H27N3O4S2. The number of aryl methyl sites for hydroxylation is 2. The molecule has 4 rings (SSSR count). The molecule has 3 aromatic rings. The Kier molecular flexibility index (Phi) is 6.63. The monoisotopic (exact) mass is 485 g/mol. The molecule has 1 aliphatic heterocycles. The summed E-state index contributed by atoms with van der Waals surface area (Å²) in [5, 5.41) is 0.952. The van der Waals surface area contributed by atoms with E-state index in [0.717, 1.165) is 16.8 Å². The van der Waals surface area contributed by atoms with Gasteiger partial charge in [-0.2, -0.15) is 0 Å². The van der Waals surface area contributed by atoms with E-state index >= 15 is 0 Å². The van der Waals surface area contributed by atoms with Crippen LogP contribution in [0.1, 0.15) is 24.5 Å². The molecule has 174 valence electrons. The van der Waals surface area contributed by atoms with Gasteiger partial charge < -0.3 is 4.90 Å². The van der Waals surface area contributed by atoms with Crippen molar-refractivity contribution in [2.24, 2.45) is 0 Å². The van der Waals surface area contributed by atoms with Crippen LogP contribution in [0.25, 0.3) is 16.6 Å². The third-order valence-electron chi connectivity index (χ3n) is 5.97. The summed E-state index contributed by atoms with van der Waals surface area (Å²) < 4.78 is 25.4. The van der Waals surface area contributed by atoms with E-state index in [-0.39, 0.29) is 34.8 Å². The Balaban J connectivity index is 1.70. The fraction of sp³-hybridized carbons (Fsp3) is 0.375. The maximum Gasteiger partial charge on any atom is 0.266 e. The van der Waals surface area contributed by atoms with E-state index in [0.29, 0.717) is 29.0 Å². The summed E-state index contributed by atoms with van der Waals surface area (Å²) >= 11 is 1.21. The molecule has 1 amide bonds. The largest absolute Gasteiger partial charge is 0.338 e. The topological polar surface area (TPSA) is 89.3 Å². The highest BCUT2D eigenvalue weighted by Crippen LogP contribution is 2.25. The van der Waals surface area contributed by atoms with Gasteiger partial charge in [0, 0.05) is 12.6 Å². The van der Waals surface area contributed by atoms with Crippen LogP contribution in [0, 0.1) is 13.8 Å². The Morgan fingerprint density at radius 1 is 1.21 bits per heavy atom. The SMILES string of the molecule is CCN(C(=O)CSc1nc2ccccc2c(=O)n1-c1ccc(C)cc1C)C1CCS(=O)(=O)C1. The van der Waals surface area contributed by atoms with Crippen molar-refractivity contribution >= 4 is 38.4 Å². The first-order valence-corrected chi connectivity index (χ1v) is 13.7. The standard InChI is InChI=1S/C24H27N3O4S2/c1-4-26(18-11-12-33(30,31)15-18)22(28)14-32-24-25-20-8-6-5-7-19(20)23(29)27(24)21-10-9-16(2)13-17(21)3/h5-10,13,18H,4,11-12,14-15H2,1-3H3. The Morgan fingerprint density at radius 2 is 1.97 bits per heavy atom. The summed E-state index contributed by atoms with van der Waals surface area (Å²) in [4.78, 5) is 32.8. The van der Waals surface area contributed by atoms with Crippen molar-refractivity contribution in [3.05, 3.63) is 63.9 Å². The van der Waals surface area contributed by atoms with Gasteiger partial charge in [0.2, 0.25) is 5.91 Å².